The fourth-order valence-corrected chi connectivity index (χ4v) is 3.12. The first-order valence-electron chi connectivity index (χ1n) is 9.00. The number of hydrogen-bond donors (Lipinski definition) is 2. The minimum atomic E-state index is -0.466. The molecule has 1 atom stereocenters. The molecule has 1 aliphatic carbocycles. The predicted octanol–water partition coefficient (Wildman–Crippen LogP) is 3.29. The van der Waals surface area contributed by atoms with Crippen molar-refractivity contribution in [3.05, 3.63) is 17.5 Å². The van der Waals surface area contributed by atoms with Gasteiger partial charge in [0, 0.05) is 23.6 Å². The summed E-state index contributed by atoms with van der Waals surface area (Å²) < 4.78 is 1.99. The van der Waals surface area contributed by atoms with Gasteiger partial charge in [-0.25, -0.2) is 0 Å². The van der Waals surface area contributed by atoms with Crippen molar-refractivity contribution in [3.63, 3.8) is 0 Å². The number of hydrogen-bond acceptors (Lipinski definition) is 3. The van der Waals surface area contributed by atoms with Crippen molar-refractivity contribution in [1.82, 2.24) is 15.1 Å². The predicted molar refractivity (Wildman–Crippen MR) is 96.2 cm³/mol. The minimum Gasteiger partial charge on any atom is -0.392 e. The number of nitrogens with zero attached hydrogens (tertiary/aromatic N) is 2. The third kappa shape index (κ3) is 4.18. The van der Waals surface area contributed by atoms with Crippen molar-refractivity contribution in [2.24, 2.45) is 11.3 Å². The first kappa shape index (κ1) is 19.0. The van der Waals surface area contributed by atoms with Gasteiger partial charge >= 0.3 is 0 Å². The smallest absolute Gasteiger partial charge is 0.271 e. The lowest BCUT2D eigenvalue weighted by Crippen LogP contribution is -2.43. The molecule has 1 fully saturated rings. The summed E-state index contributed by atoms with van der Waals surface area (Å²) >= 11 is 0. The molecule has 0 aliphatic heterocycles. The lowest BCUT2D eigenvalue weighted by molar-refractivity contribution is 0.0138. The van der Waals surface area contributed by atoms with Gasteiger partial charge in [-0.2, -0.15) is 5.10 Å². The topological polar surface area (TPSA) is 67.2 Å². The Bertz CT molecular complexity index is 592. The van der Waals surface area contributed by atoms with Crippen LogP contribution in [-0.2, 0) is 5.54 Å². The van der Waals surface area contributed by atoms with E-state index in [1.807, 2.05) is 38.4 Å². The zero-order chi connectivity index (χ0) is 18.3. The van der Waals surface area contributed by atoms with Crippen LogP contribution in [0.5, 0.6) is 0 Å². The van der Waals surface area contributed by atoms with Gasteiger partial charge in [-0.3, -0.25) is 9.48 Å². The molecular formula is C19H33N3O2. The van der Waals surface area contributed by atoms with Crippen LogP contribution < -0.4 is 5.32 Å². The Hall–Kier alpha value is -1.36. The highest BCUT2D eigenvalue weighted by Gasteiger charge is 2.34. The fourth-order valence-electron chi connectivity index (χ4n) is 3.12. The maximum Gasteiger partial charge on any atom is 0.271 e. The van der Waals surface area contributed by atoms with Crippen molar-refractivity contribution < 1.29 is 9.90 Å². The number of carbonyl (C=O) groups is 1. The summed E-state index contributed by atoms with van der Waals surface area (Å²) in [4.78, 5) is 12.6. The van der Waals surface area contributed by atoms with E-state index in [9.17, 15) is 9.90 Å². The molecule has 0 bridgehead atoms. The van der Waals surface area contributed by atoms with E-state index in [1.54, 1.807) is 0 Å². The number of rotatable bonds is 6. The number of aliphatic hydroxyl groups excluding tert-OH is 1. The molecule has 0 aromatic carbocycles. The number of aliphatic hydroxyl groups is 1. The highest BCUT2D eigenvalue weighted by atomic mass is 16.3. The Labute approximate surface area is 145 Å². The number of carbonyl (C=O) groups excluding carboxylic acids is 1. The summed E-state index contributed by atoms with van der Waals surface area (Å²) in [5.74, 6) is 0.528. The Morgan fingerprint density at radius 1 is 1.33 bits per heavy atom. The Morgan fingerprint density at radius 3 is 2.38 bits per heavy atom. The van der Waals surface area contributed by atoms with Gasteiger partial charge in [-0.05, 0) is 45.6 Å². The normalized spacial score (nSPS) is 17.2. The second-order valence-corrected chi connectivity index (χ2v) is 9.17. The molecule has 24 heavy (non-hydrogen) atoms. The van der Waals surface area contributed by atoms with Crippen LogP contribution >= 0.6 is 0 Å². The first-order chi connectivity index (χ1) is 10.9. The lowest BCUT2D eigenvalue weighted by atomic mass is 9.80. The highest BCUT2D eigenvalue weighted by Crippen LogP contribution is 2.41. The number of aromatic nitrogens is 2. The molecular weight excluding hydrogens is 302 g/mol. The summed E-state index contributed by atoms with van der Waals surface area (Å²) in [5.41, 5.74) is 1.12. The molecule has 1 aliphatic rings. The van der Waals surface area contributed by atoms with Crippen LogP contribution in [0.1, 0.15) is 83.4 Å². The number of nitrogens with one attached hydrogen (secondary N) is 1. The van der Waals surface area contributed by atoms with Crippen LogP contribution in [0.15, 0.2) is 6.07 Å². The van der Waals surface area contributed by atoms with Gasteiger partial charge in [-0.1, -0.05) is 27.7 Å². The summed E-state index contributed by atoms with van der Waals surface area (Å²) in [5, 5.41) is 17.8. The Kier molecular flexibility index (Phi) is 5.14. The van der Waals surface area contributed by atoms with E-state index in [0.29, 0.717) is 18.2 Å². The van der Waals surface area contributed by atoms with Gasteiger partial charge in [-0.15, -0.1) is 0 Å². The third-order valence-electron chi connectivity index (χ3n) is 4.74. The molecule has 0 saturated heterocycles. The van der Waals surface area contributed by atoms with Gasteiger partial charge in [0.2, 0.25) is 0 Å². The van der Waals surface area contributed by atoms with E-state index in [4.69, 9.17) is 0 Å². The first-order valence-corrected chi connectivity index (χ1v) is 9.00. The zero-order valence-electron chi connectivity index (χ0n) is 16.2. The molecule has 1 unspecified atom stereocenters. The Morgan fingerprint density at radius 2 is 1.92 bits per heavy atom. The molecule has 5 nitrogen and oxygen atoms in total. The van der Waals surface area contributed by atoms with Crippen LogP contribution in [0.4, 0.5) is 0 Å². The van der Waals surface area contributed by atoms with Crippen LogP contribution in [-0.4, -0.2) is 33.4 Å². The zero-order valence-corrected chi connectivity index (χ0v) is 16.2. The average molecular weight is 335 g/mol. The van der Waals surface area contributed by atoms with Gasteiger partial charge in [0.15, 0.2) is 0 Å². The standard InChI is InChI=1S/C19H33N3O2/c1-12(2)16(23)19(6,7)11-20-17(24)14-10-15(13-8-9-13)22(21-14)18(3,4)5/h10,12-13,16,23H,8-9,11H2,1-7H3,(H,20,24). The second-order valence-electron chi connectivity index (χ2n) is 9.17. The monoisotopic (exact) mass is 335 g/mol. The third-order valence-corrected chi connectivity index (χ3v) is 4.74. The van der Waals surface area contributed by atoms with Crippen LogP contribution in [0.25, 0.3) is 0 Å². The lowest BCUT2D eigenvalue weighted by Gasteiger charge is -2.33. The molecule has 5 heteroatoms. The van der Waals surface area contributed by atoms with E-state index >= 15 is 0 Å². The maximum atomic E-state index is 12.6. The van der Waals surface area contributed by atoms with Crippen LogP contribution in [0.2, 0.25) is 0 Å². The van der Waals surface area contributed by atoms with E-state index < -0.39 is 6.10 Å². The van der Waals surface area contributed by atoms with Crippen molar-refractivity contribution in [2.45, 2.75) is 78.9 Å². The molecule has 136 valence electrons. The van der Waals surface area contributed by atoms with Crippen molar-refractivity contribution in [3.8, 4) is 0 Å². The molecule has 1 aromatic heterocycles. The second kappa shape index (κ2) is 6.51. The van der Waals surface area contributed by atoms with Gasteiger partial charge < -0.3 is 10.4 Å². The maximum absolute atomic E-state index is 12.6. The Balaban J connectivity index is 2.10. The van der Waals surface area contributed by atoms with Crippen LogP contribution in [0.3, 0.4) is 0 Å². The summed E-state index contributed by atoms with van der Waals surface area (Å²) in [7, 11) is 0. The summed E-state index contributed by atoms with van der Waals surface area (Å²) in [6.45, 7) is 14.7. The summed E-state index contributed by atoms with van der Waals surface area (Å²) in [6.07, 6.45) is 1.89. The van der Waals surface area contributed by atoms with E-state index in [2.05, 4.69) is 31.2 Å². The molecule has 1 aromatic rings. The van der Waals surface area contributed by atoms with Crippen LogP contribution in [0, 0.1) is 11.3 Å². The molecule has 2 N–H and O–H groups in total. The molecule has 1 saturated carbocycles. The van der Waals surface area contributed by atoms with Crippen molar-refractivity contribution in [2.75, 3.05) is 6.54 Å². The van der Waals surface area contributed by atoms with E-state index in [1.165, 1.54) is 12.8 Å². The van der Waals surface area contributed by atoms with Gasteiger partial charge in [0.1, 0.15) is 5.69 Å². The SMILES string of the molecule is CC(C)C(O)C(C)(C)CNC(=O)c1cc(C2CC2)n(C(C)(C)C)n1. The quantitative estimate of drug-likeness (QED) is 0.838. The highest BCUT2D eigenvalue weighted by molar-refractivity contribution is 5.92. The van der Waals surface area contributed by atoms with Crippen molar-refractivity contribution in [1.29, 1.82) is 0 Å². The fraction of sp³-hybridized carbons (Fsp3) is 0.789. The van der Waals surface area contributed by atoms with E-state index in [0.717, 1.165) is 5.69 Å². The van der Waals surface area contributed by atoms with Crippen molar-refractivity contribution >= 4 is 5.91 Å². The van der Waals surface area contributed by atoms with E-state index in [-0.39, 0.29) is 22.8 Å². The molecule has 0 spiro atoms. The largest absolute Gasteiger partial charge is 0.392 e. The minimum absolute atomic E-state index is 0.135. The average Bonchev–Trinajstić information content (AvgIpc) is 3.20. The molecule has 2 rings (SSSR count). The molecule has 1 amide bonds. The number of amides is 1. The molecule has 0 radical (unpaired) electrons. The molecule has 1 heterocycles. The summed E-state index contributed by atoms with van der Waals surface area (Å²) in [6, 6.07) is 1.93. The van der Waals surface area contributed by atoms with Gasteiger partial charge in [0.05, 0.1) is 11.6 Å². The van der Waals surface area contributed by atoms with Gasteiger partial charge in [0.25, 0.3) is 5.91 Å².